The predicted molar refractivity (Wildman–Crippen MR) is 88.0 cm³/mol. The summed E-state index contributed by atoms with van der Waals surface area (Å²) in [7, 11) is 0. The smallest absolute Gasteiger partial charge is 0.475 e. The lowest BCUT2D eigenvalue weighted by molar-refractivity contribution is -0.192. The second kappa shape index (κ2) is 7.95. The Hall–Kier alpha value is -1.98. The van der Waals surface area contributed by atoms with Crippen molar-refractivity contribution < 1.29 is 32.3 Å². The van der Waals surface area contributed by atoms with Crippen LogP contribution in [0.3, 0.4) is 0 Å². The highest BCUT2D eigenvalue weighted by atomic mass is 32.1. The Kier molecular flexibility index (Phi) is 5.82. The Labute approximate surface area is 156 Å². The zero-order valence-corrected chi connectivity index (χ0v) is 15.2. The van der Waals surface area contributed by atoms with Gasteiger partial charge in [0.15, 0.2) is 5.82 Å². The fraction of sp³-hybridized carbons (Fsp3) is 0.562. The molecule has 0 aliphatic carbocycles. The number of hydrogen-bond acceptors (Lipinski definition) is 7. The van der Waals surface area contributed by atoms with E-state index >= 15 is 0 Å². The van der Waals surface area contributed by atoms with E-state index in [0.29, 0.717) is 23.7 Å². The Morgan fingerprint density at radius 3 is 2.70 bits per heavy atom. The molecular formula is C16H18F3N3O4S. The number of carbonyl (C=O) groups is 1. The summed E-state index contributed by atoms with van der Waals surface area (Å²) < 4.78 is 43.1. The quantitative estimate of drug-likeness (QED) is 0.840. The average molecular weight is 405 g/mol. The number of alkyl halides is 3. The molecule has 148 valence electrons. The summed E-state index contributed by atoms with van der Waals surface area (Å²) in [5.74, 6) is -0.846. The Balaban J connectivity index is 0.000000260. The first-order valence-corrected chi connectivity index (χ1v) is 9.11. The number of aryl methyl sites for hydroxylation is 1. The monoisotopic (exact) mass is 405 g/mol. The van der Waals surface area contributed by atoms with Crippen LogP contribution in [0.4, 0.5) is 13.2 Å². The van der Waals surface area contributed by atoms with E-state index < -0.39 is 12.1 Å². The zero-order chi connectivity index (χ0) is 19.6. The number of ether oxygens (including phenoxy) is 1. The number of fused-ring (bicyclic) bond motifs is 1. The minimum Gasteiger partial charge on any atom is -0.475 e. The molecule has 2 aromatic heterocycles. The molecule has 2 aromatic rings. The second-order valence-electron chi connectivity index (χ2n) is 6.42. The fourth-order valence-electron chi connectivity index (χ4n) is 3.20. The average Bonchev–Trinajstić information content (AvgIpc) is 3.31. The third-order valence-corrected chi connectivity index (χ3v) is 5.19. The molecule has 7 nitrogen and oxygen atoms in total. The van der Waals surface area contributed by atoms with Crippen molar-refractivity contribution in [1.29, 1.82) is 0 Å². The zero-order valence-electron chi connectivity index (χ0n) is 14.3. The SMILES string of the molecule is Cc1noc([C@@H]2C[C@H]3CN(Cc4cccs4)C[C@H]3O2)n1.O=C(O)C(F)(F)F. The van der Waals surface area contributed by atoms with Crippen LogP contribution in [0.2, 0.25) is 0 Å². The van der Waals surface area contributed by atoms with Gasteiger partial charge in [0, 0.05) is 30.4 Å². The van der Waals surface area contributed by atoms with Gasteiger partial charge in [-0.15, -0.1) is 11.3 Å². The number of hydrogen-bond donors (Lipinski definition) is 1. The third-order valence-electron chi connectivity index (χ3n) is 4.33. The molecule has 27 heavy (non-hydrogen) atoms. The summed E-state index contributed by atoms with van der Waals surface area (Å²) >= 11 is 1.82. The van der Waals surface area contributed by atoms with Crippen LogP contribution in [0.1, 0.15) is 29.1 Å². The number of carboxylic acids is 1. The number of halogens is 3. The second-order valence-corrected chi connectivity index (χ2v) is 7.45. The number of thiophene rings is 1. The molecule has 2 saturated heterocycles. The molecule has 0 aromatic carbocycles. The molecule has 11 heteroatoms. The first-order chi connectivity index (χ1) is 12.7. The molecule has 4 rings (SSSR count). The molecule has 3 atom stereocenters. The van der Waals surface area contributed by atoms with Crippen LogP contribution in [-0.4, -0.2) is 51.5 Å². The van der Waals surface area contributed by atoms with Gasteiger partial charge in [-0.05, 0) is 24.8 Å². The summed E-state index contributed by atoms with van der Waals surface area (Å²) in [6.45, 7) is 4.99. The topological polar surface area (TPSA) is 88.7 Å². The normalized spacial score (nSPS) is 25.1. The van der Waals surface area contributed by atoms with Gasteiger partial charge in [-0.2, -0.15) is 18.2 Å². The molecule has 2 aliphatic heterocycles. The highest BCUT2D eigenvalue weighted by molar-refractivity contribution is 7.09. The maximum Gasteiger partial charge on any atom is 0.490 e. The number of likely N-dealkylation sites (tertiary alicyclic amines) is 1. The van der Waals surface area contributed by atoms with E-state index in [-0.39, 0.29) is 6.10 Å². The van der Waals surface area contributed by atoms with Crippen LogP contribution in [0.15, 0.2) is 22.0 Å². The van der Waals surface area contributed by atoms with Crippen LogP contribution in [-0.2, 0) is 16.1 Å². The van der Waals surface area contributed by atoms with Gasteiger partial charge >= 0.3 is 12.1 Å². The van der Waals surface area contributed by atoms with Crippen molar-refractivity contribution in [2.24, 2.45) is 5.92 Å². The molecule has 0 amide bonds. The Morgan fingerprint density at radius 1 is 1.44 bits per heavy atom. The maximum atomic E-state index is 10.6. The molecule has 2 fully saturated rings. The van der Waals surface area contributed by atoms with Gasteiger partial charge in [-0.1, -0.05) is 11.2 Å². The van der Waals surface area contributed by atoms with Crippen LogP contribution in [0, 0.1) is 12.8 Å². The van der Waals surface area contributed by atoms with Crippen LogP contribution in [0.25, 0.3) is 0 Å². The van der Waals surface area contributed by atoms with Crippen molar-refractivity contribution in [1.82, 2.24) is 15.0 Å². The van der Waals surface area contributed by atoms with Crippen LogP contribution >= 0.6 is 11.3 Å². The molecule has 0 unspecified atom stereocenters. The minimum absolute atomic E-state index is 0.00455. The maximum absolute atomic E-state index is 10.6. The predicted octanol–water partition coefficient (Wildman–Crippen LogP) is 3.03. The first-order valence-electron chi connectivity index (χ1n) is 8.23. The van der Waals surface area contributed by atoms with Crippen molar-refractivity contribution in [3.05, 3.63) is 34.1 Å². The molecule has 0 radical (unpaired) electrons. The van der Waals surface area contributed by atoms with Gasteiger partial charge in [0.2, 0.25) is 0 Å². The van der Waals surface area contributed by atoms with Gasteiger partial charge in [0.05, 0.1) is 6.10 Å². The number of nitrogens with zero attached hydrogens (tertiary/aromatic N) is 3. The van der Waals surface area contributed by atoms with E-state index in [9.17, 15) is 13.2 Å². The van der Waals surface area contributed by atoms with Gasteiger partial charge in [0.25, 0.3) is 5.89 Å². The van der Waals surface area contributed by atoms with Crippen LogP contribution in [0.5, 0.6) is 0 Å². The summed E-state index contributed by atoms with van der Waals surface area (Å²) in [4.78, 5) is 17.1. The van der Waals surface area contributed by atoms with Crippen molar-refractivity contribution >= 4 is 17.3 Å². The van der Waals surface area contributed by atoms with E-state index in [4.69, 9.17) is 19.2 Å². The van der Waals surface area contributed by atoms with Gasteiger partial charge in [0.1, 0.15) is 6.10 Å². The molecule has 4 heterocycles. The van der Waals surface area contributed by atoms with Crippen molar-refractivity contribution in [3.63, 3.8) is 0 Å². The highest BCUT2D eigenvalue weighted by Gasteiger charge is 2.44. The van der Waals surface area contributed by atoms with E-state index in [1.54, 1.807) is 0 Å². The van der Waals surface area contributed by atoms with Gasteiger partial charge < -0.3 is 14.4 Å². The number of aromatic nitrogens is 2. The molecular weight excluding hydrogens is 387 g/mol. The molecule has 2 aliphatic rings. The van der Waals surface area contributed by atoms with E-state index in [2.05, 4.69) is 32.6 Å². The summed E-state index contributed by atoms with van der Waals surface area (Å²) in [5.41, 5.74) is 0. The molecule has 0 saturated carbocycles. The summed E-state index contributed by atoms with van der Waals surface area (Å²) in [5, 5.41) is 13.1. The van der Waals surface area contributed by atoms with Gasteiger partial charge in [-0.3, -0.25) is 4.90 Å². The fourth-order valence-corrected chi connectivity index (χ4v) is 3.95. The standard InChI is InChI=1S/C14H17N3O2S.C2HF3O2/c1-9-15-14(19-16-9)12-5-10-6-17(8-13(10)18-12)7-11-3-2-4-20-11;3-2(4,5)1(6)7/h2-4,10,12-13H,5-8H2,1H3;(H,6,7)/t10-,12-,13+;/m0./s1. The lowest BCUT2D eigenvalue weighted by atomic mass is 10.0. The Morgan fingerprint density at radius 2 is 2.19 bits per heavy atom. The number of rotatable bonds is 3. The highest BCUT2D eigenvalue weighted by Crippen LogP contribution is 2.40. The third kappa shape index (κ3) is 5.05. The summed E-state index contributed by atoms with van der Waals surface area (Å²) in [6, 6.07) is 4.31. The lowest BCUT2D eigenvalue weighted by Crippen LogP contribution is -2.23. The lowest BCUT2D eigenvalue weighted by Gasteiger charge is -2.16. The van der Waals surface area contributed by atoms with Crippen molar-refractivity contribution in [2.45, 2.75) is 38.3 Å². The number of carboxylic acid groups (broad SMARTS) is 1. The molecule has 0 bridgehead atoms. The van der Waals surface area contributed by atoms with E-state index in [1.807, 2.05) is 18.3 Å². The van der Waals surface area contributed by atoms with E-state index in [0.717, 1.165) is 26.1 Å². The summed E-state index contributed by atoms with van der Waals surface area (Å²) in [6.07, 6.45) is -3.78. The van der Waals surface area contributed by atoms with E-state index in [1.165, 1.54) is 4.88 Å². The largest absolute Gasteiger partial charge is 0.490 e. The Bertz CT molecular complexity index is 751. The molecule has 1 N–H and O–H groups in total. The minimum atomic E-state index is -5.08. The number of aliphatic carboxylic acids is 1. The first kappa shape index (κ1) is 19.8. The molecule has 0 spiro atoms. The van der Waals surface area contributed by atoms with Crippen molar-refractivity contribution in [2.75, 3.05) is 13.1 Å². The van der Waals surface area contributed by atoms with Crippen molar-refractivity contribution in [3.8, 4) is 0 Å². The van der Waals surface area contributed by atoms with Crippen LogP contribution < -0.4 is 0 Å². The van der Waals surface area contributed by atoms with Gasteiger partial charge in [-0.25, -0.2) is 4.79 Å².